The molecule has 3 aliphatic rings. The van der Waals surface area contributed by atoms with E-state index in [1.165, 1.54) is 51.4 Å². The fourth-order valence-electron chi connectivity index (χ4n) is 7.72. The van der Waals surface area contributed by atoms with E-state index in [0.29, 0.717) is 49.7 Å². The standard InChI is InChI=1S/C33H39F7O2/c1-20-2-4-21(5-3-20)22-6-8-23(9-7-22)24-10-14-26(15-11-24)32(36,37)41-28-18-29(34)31(30(35)19-28)25-12-16-27(17-13-25)42-33(38,39)40/h12-13,16-24,26H,2-11,14-15H2,1H3. The molecule has 0 N–H and O–H groups in total. The first-order chi connectivity index (χ1) is 19.9. The third-order valence-electron chi connectivity index (χ3n) is 10.1. The highest BCUT2D eigenvalue weighted by atomic mass is 19.4. The van der Waals surface area contributed by atoms with Crippen LogP contribution >= 0.6 is 0 Å². The Hall–Kier alpha value is -2.45. The Balaban J connectivity index is 1.14. The quantitative estimate of drug-likeness (QED) is 0.294. The number of benzene rings is 2. The van der Waals surface area contributed by atoms with Gasteiger partial charge in [-0.15, -0.1) is 13.2 Å². The van der Waals surface area contributed by atoms with E-state index in [2.05, 4.69) is 11.7 Å². The lowest BCUT2D eigenvalue weighted by Crippen LogP contribution is -2.38. The Morgan fingerprint density at radius 2 is 1.00 bits per heavy atom. The normalized spacial score (nSPS) is 29.2. The highest BCUT2D eigenvalue weighted by Gasteiger charge is 2.45. The number of rotatable bonds is 7. The fraction of sp³-hybridized carbons (Fsp3) is 0.636. The van der Waals surface area contributed by atoms with Crippen molar-refractivity contribution in [1.29, 1.82) is 0 Å². The Kier molecular flexibility index (Phi) is 9.33. The molecule has 2 aromatic rings. The molecule has 0 unspecified atom stereocenters. The zero-order chi connectivity index (χ0) is 30.1. The zero-order valence-corrected chi connectivity index (χ0v) is 23.9. The van der Waals surface area contributed by atoms with Crippen molar-refractivity contribution in [3.05, 3.63) is 48.0 Å². The fourth-order valence-corrected chi connectivity index (χ4v) is 7.72. The molecule has 0 aromatic heterocycles. The van der Waals surface area contributed by atoms with Gasteiger partial charge in [0.2, 0.25) is 0 Å². The second-order valence-electron chi connectivity index (χ2n) is 12.8. The minimum absolute atomic E-state index is 0.0708. The topological polar surface area (TPSA) is 18.5 Å². The molecule has 0 heterocycles. The second kappa shape index (κ2) is 12.7. The van der Waals surface area contributed by atoms with Gasteiger partial charge in [0.05, 0.1) is 11.5 Å². The van der Waals surface area contributed by atoms with E-state index in [0.717, 1.165) is 42.0 Å². The van der Waals surface area contributed by atoms with E-state index < -0.39 is 47.1 Å². The number of ether oxygens (including phenoxy) is 2. The first-order valence-corrected chi connectivity index (χ1v) is 15.3. The average molecular weight is 601 g/mol. The minimum atomic E-state index is -4.91. The van der Waals surface area contributed by atoms with Crippen molar-refractivity contribution in [2.75, 3.05) is 0 Å². The third kappa shape index (κ3) is 7.54. The molecule has 0 atom stereocenters. The van der Waals surface area contributed by atoms with Gasteiger partial charge >= 0.3 is 12.5 Å². The summed E-state index contributed by atoms with van der Waals surface area (Å²) in [4.78, 5) is 0. The van der Waals surface area contributed by atoms with Gasteiger partial charge < -0.3 is 9.47 Å². The van der Waals surface area contributed by atoms with Gasteiger partial charge in [-0.2, -0.15) is 8.78 Å². The molecule has 3 saturated carbocycles. The van der Waals surface area contributed by atoms with Crippen molar-refractivity contribution >= 4 is 0 Å². The molecule has 42 heavy (non-hydrogen) atoms. The van der Waals surface area contributed by atoms with Crippen molar-refractivity contribution in [3.63, 3.8) is 0 Å². The van der Waals surface area contributed by atoms with Crippen molar-refractivity contribution in [3.8, 4) is 22.6 Å². The molecule has 3 fully saturated rings. The zero-order valence-electron chi connectivity index (χ0n) is 23.9. The number of hydrogen-bond donors (Lipinski definition) is 0. The van der Waals surface area contributed by atoms with Crippen LogP contribution in [0.3, 0.4) is 0 Å². The third-order valence-corrected chi connectivity index (χ3v) is 10.1. The predicted molar refractivity (Wildman–Crippen MR) is 146 cm³/mol. The van der Waals surface area contributed by atoms with Crippen molar-refractivity contribution in [2.45, 2.75) is 96.4 Å². The van der Waals surface area contributed by atoms with Crippen LogP contribution in [0, 0.1) is 47.1 Å². The van der Waals surface area contributed by atoms with E-state index in [-0.39, 0.29) is 5.56 Å². The molecule has 232 valence electrons. The number of hydrogen-bond acceptors (Lipinski definition) is 2. The summed E-state index contributed by atoms with van der Waals surface area (Å²) in [6, 6.07) is 5.31. The van der Waals surface area contributed by atoms with Gasteiger partial charge in [0.1, 0.15) is 23.1 Å². The molecule has 0 saturated heterocycles. The highest BCUT2D eigenvalue weighted by Crippen LogP contribution is 2.48. The molecule has 5 rings (SSSR count). The molecule has 9 heteroatoms. The smallest absolute Gasteiger partial charge is 0.432 e. The monoisotopic (exact) mass is 600 g/mol. The van der Waals surface area contributed by atoms with Crippen LogP contribution in [0.4, 0.5) is 30.7 Å². The summed E-state index contributed by atoms with van der Waals surface area (Å²) in [7, 11) is 0. The molecule has 0 amide bonds. The maximum absolute atomic E-state index is 15.1. The van der Waals surface area contributed by atoms with E-state index in [4.69, 9.17) is 4.74 Å². The van der Waals surface area contributed by atoms with Crippen molar-refractivity contribution < 1.29 is 40.2 Å². The second-order valence-corrected chi connectivity index (χ2v) is 12.8. The van der Waals surface area contributed by atoms with Crippen LogP contribution in [0.5, 0.6) is 11.5 Å². The molecular weight excluding hydrogens is 561 g/mol. The molecule has 2 aromatic carbocycles. The molecule has 2 nitrogen and oxygen atoms in total. The average Bonchev–Trinajstić information content (AvgIpc) is 2.93. The van der Waals surface area contributed by atoms with E-state index in [1.807, 2.05) is 0 Å². The largest absolute Gasteiger partial charge is 0.573 e. The lowest BCUT2D eigenvalue weighted by molar-refractivity contribution is -0.274. The van der Waals surface area contributed by atoms with Gasteiger partial charge in [-0.05, 0) is 111 Å². The minimum Gasteiger partial charge on any atom is -0.432 e. The molecule has 0 radical (unpaired) electrons. The van der Waals surface area contributed by atoms with Crippen molar-refractivity contribution in [1.82, 2.24) is 0 Å². The molecule has 0 bridgehead atoms. The number of halogens is 7. The molecule has 0 aliphatic heterocycles. The maximum atomic E-state index is 15.1. The summed E-state index contributed by atoms with van der Waals surface area (Å²) in [6.07, 6.45) is 3.76. The SMILES string of the molecule is CC1CCC(C2CCC(C3CCC(C(F)(F)Oc4cc(F)c(-c5ccc(OC(F)(F)F)cc5)c(F)c4)CC3)CC2)CC1. The van der Waals surface area contributed by atoms with Crippen LogP contribution in [0.25, 0.3) is 11.1 Å². The van der Waals surface area contributed by atoms with Crippen LogP contribution < -0.4 is 9.47 Å². The Bertz CT molecular complexity index is 1150. The molecule has 0 spiro atoms. The summed E-state index contributed by atoms with van der Waals surface area (Å²) in [6.45, 7) is 2.34. The number of alkyl halides is 5. The van der Waals surface area contributed by atoms with Gasteiger partial charge in [-0.1, -0.05) is 31.9 Å². The first-order valence-electron chi connectivity index (χ1n) is 15.3. The predicted octanol–water partition coefficient (Wildman–Crippen LogP) is 10.9. The van der Waals surface area contributed by atoms with Crippen molar-refractivity contribution in [2.24, 2.45) is 35.5 Å². The van der Waals surface area contributed by atoms with Gasteiger partial charge in [0.15, 0.2) is 0 Å². The molecular formula is C33H39F7O2. The Morgan fingerprint density at radius 3 is 1.45 bits per heavy atom. The lowest BCUT2D eigenvalue weighted by Gasteiger charge is -2.41. The van der Waals surface area contributed by atoms with Crippen LogP contribution in [0.1, 0.15) is 84.0 Å². The summed E-state index contributed by atoms with van der Waals surface area (Å²) in [5.74, 6) is -0.995. The van der Waals surface area contributed by atoms with Crippen LogP contribution in [-0.4, -0.2) is 12.5 Å². The summed E-state index contributed by atoms with van der Waals surface area (Å²) in [5, 5.41) is 0. The maximum Gasteiger partial charge on any atom is 0.573 e. The lowest BCUT2D eigenvalue weighted by atomic mass is 9.65. The highest BCUT2D eigenvalue weighted by molar-refractivity contribution is 5.66. The Morgan fingerprint density at radius 1 is 0.571 bits per heavy atom. The summed E-state index contributed by atoms with van der Waals surface area (Å²) < 4.78 is 106. The van der Waals surface area contributed by atoms with E-state index in [9.17, 15) is 22.0 Å². The molecule has 3 aliphatic carbocycles. The Labute approximate surface area is 243 Å². The van der Waals surface area contributed by atoms with Gasteiger partial charge in [0, 0.05) is 12.1 Å². The van der Waals surface area contributed by atoms with Gasteiger partial charge in [0.25, 0.3) is 0 Å². The summed E-state index contributed by atoms with van der Waals surface area (Å²) >= 11 is 0. The summed E-state index contributed by atoms with van der Waals surface area (Å²) in [5.41, 5.74) is -0.629. The van der Waals surface area contributed by atoms with E-state index >= 15 is 8.78 Å². The van der Waals surface area contributed by atoms with Gasteiger partial charge in [-0.3, -0.25) is 0 Å². The van der Waals surface area contributed by atoms with Crippen LogP contribution in [-0.2, 0) is 0 Å². The van der Waals surface area contributed by atoms with E-state index in [1.54, 1.807) is 0 Å². The van der Waals surface area contributed by atoms with Crippen LogP contribution in [0.15, 0.2) is 36.4 Å². The van der Waals surface area contributed by atoms with Gasteiger partial charge in [-0.25, -0.2) is 8.78 Å². The first kappa shape index (κ1) is 31.0. The van der Waals surface area contributed by atoms with Crippen LogP contribution in [0.2, 0.25) is 0 Å².